The van der Waals surface area contributed by atoms with E-state index in [4.69, 9.17) is 21.6 Å². The van der Waals surface area contributed by atoms with E-state index in [1.807, 2.05) is 12.1 Å². The van der Waals surface area contributed by atoms with Crippen LogP contribution in [0.2, 0.25) is 5.02 Å². The van der Waals surface area contributed by atoms with Crippen molar-refractivity contribution in [3.63, 3.8) is 0 Å². The standard InChI is InChI=1S/C27H35ClN4O2S/c28-21-7-5-19(6-8-21)20-9-13-26(14-10-20)16-32(17-26)25-29-22-4-1-2-15-35(34)23(22)24(30-25)31-27(18-33)11-3-12-27/h5-8,20,33H,1-4,9-18H2,(H,29,30,31)/t35-/m0/s1. The Morgan fingerprint density at radius 3 is 2.46 bits per heavy atom. The van der Waals surface area contributed by atoms with Crippen LogP contribution in [0.25, 0.3) is 0 Å². The summed E-state index contributed by atoms with van der Waals surface area (Å²) in [5.41, 5.74) is 2.38. The van der Waals surface area contributed by atoms with Gasteiger partial charge in [-0.15, -0.1) is 0 Å². The third-order valence-electron chi connectivity index (χ3n) is 8.86. The van der Waals surface area contributed by atoms with Gasteiger partial charge in [-0.3, -0.25) is 4.21 Å². The van der Waals surface area contributed by atoms with Crippen LogP contribution < -0.4 is 10.2 Å². The first-order valence-corrected chi connectivity index (χ1v) is 14.9. The summed E-state index contributed by atoms with van der Waals surface area (Å²) in [6.07, 6.45) is 10.6. The summed E-state index contributed by atoms with van der Waals surface area (Å²) >= 11 is 6.08. The molecule has 1 aromatic heterocycles. The molecule has 6 rings (SSSR count). The summed E-state index contributed by atoms with van der Waals surface area (Å²) in [5, 5.41) is 14.4. The highest BCUT2D eigenvalue weighted by Crippen LogP contribution is 2.49. The summed E-state index contributed by atoms with van der Waals surface area (Å²) < 4.78 is 13.1. The van der Waals surface area contributed by atoms with Crippen molar-refractivity contribution in [3.8, 4) is 0 Å². The first kappa shape index (κ1) is 23.7. The highest BCUT2D eigenvalue weighted by Gasteiger charge is 2.47. The molecule has 6 nitrogen and oxygen atoms in total. The van der Waals surface area contributed by atoms with Gasteiger partial charge in [-0.1, -0.05) is 23.7 Å². The van der Waals surface area contributed by atoms with Gasteiger partial charge in [0.1, 0.15) is 10.7 Å². The van der Waals surface area contributed by atoms with E-state index in [0.29, 0.717) is 22.9 Å². The van der Waals surface area contributed by atoms with Crippen LogP contribution in [0.1, 0.15) is 75.0 Å². The first-order chi connectivity index (χ1) is 17.0. The van der Waals surface area contributed by atoms with Gasteiger partial charge in [0.05, 0.1) is 28.6 Å². The van der Waals surface area contributed by atoms with E-state index >= 15 is 0 Å². The summed E-state index contributed by atoms with van der Waals surface area (Å²) in [7, 11) is -1.09. The second-order valence-corrected chi connectivity index (χ2v) is 13.2. The minimum Gasteiger partial charge on any atom is -0.394 e. The van der Waals surface area contributed by atoms with Crippen LogP contribution in [0.5, 0.6) is 0 Å². The number of aromatic nitrogens is 2. The second kappa shape index (κ2) is 9.31. The molecule has 2 N–H and O–H groups in total. The Morgan fingerprint density at radius 2 is 1.80 bits per heavy atom. The normalized spacial score (nSPS) is 25.3. The zero-order chi connectivity index (χ0) is 24.0. The molecule has 4 aliphatic rings. The lowest BCUT2D eigenvalue weighted by Crippen LogP contribution is -2.58. The molecule has 35 heavy (non-hydrogen) atoms. The van der Waals surface area contributed by atoms with Crippen LogP contribution >= 0.6 is 11.6 Å². The molecule has 0 bridgehead atoms. The van der Waals surface area contributed by atoms with Gasteiger partial charge in [0, 0.05) is 29.3 Å². The lowest BCUT2D eigenvalue weighted by atomic mass is 9.65. The van der Waals surface area contributed by atoms with Crippen molar-refractivity contribution >= 4 is 34.2 Å². The topological polar surface area (TPSA) is 78.4 Å². The van der Waals surface area contributed by atoms with Crippen molar-refractivity contribution in [2.75, 3.05) is 35.7 Å². The number of hydrogen-bond donors (Lipinski definition) is 2. The number of nitrogens with zero attached hydrogens (tertiary/aromatic N) is 3. The van der Waals surface area contributed by atoms with Gasteiger partial charge in [-0.05, 0) is 87.8 Å². The molecule has 2 aliphatic heterocycles. The van der Waals surface area contributed by atoms with Gasteiger partial charge in [-0.25, -0.2) is 4.98 Å². The SMILES string of the molecule is O=[S@]1CCCCc2nc(N3CC4(CCC(c5ccc(Cl)cc5)CC4)C3)nc(NC3(CO)CCC3)c21. The predicted molar refractivity (Wildman–Crippen MR) is 141 cm³/mol. The molecule has 2 aliphatic carbocycles. The Bertz CT molecular complexity index is 1100. The van der Waals surface area contributed by atoms with E-state index < -0.39 is 10.8 Å². The Kier molecular flexibility index (Phi) is 6.30. The maximum absolute atomic E-state index is 13.1. The number of nitrogens with one attached hydrogen (secondary N) is 1. The van der Waals surface area contributed by atoms with E-state index in [0.717, 1.165) is 73.2 Å². The summed E-state index contributed by atoms with van der Waals surface area (Å²) in [4.78, 5) is 13.0. The quantitative estimate of drug-likeness (QED) is 0.580. The van der Waals surface area contributed by atoms with Crippen LogP contribution in [0.3, 0.4) is 0 Å². The van der Waals surface area contributed by atoms with Crippen LogP contribution in [-0.2, 0) is 17.2 Å². The lowest BCUT2D eigenvalue weighted by molar-refractivity contribution is 0.126. The van der Waals surface area contributed by atoms with Crippen LogP contribution in [0.4, 0.5) is 11.8 Å². The van der Waals surface area contributed by atoms with Gasteiger partial charge in [0.25, 0.3) is 0 Å². The molecular formula is C27H35ClN4O2S. The van der Waals surface area contributed by atoms with Crippen molar-refractivity contribution in [1.82, 2.24) is 9.97 Å². The summed E-state index contributed by atoms with van der Waals surface area (Å²) in [6.45, 7) is 2.06. The zero-order valence-corrected chi connectivity index (χ0v) is 21.8. The minimum atomic E-state index is -1.09. The number of aliphatic hydroxyl groups is 1. The molecule has 2 aromatic rings. The molecule has 1 aromatic carbocycles. The van der Waals surface area contributed by atoms with Crippen LogP contribution in [0, 0.1) is 5.41 Å². The number of halogens is 1. The van der Waals surface area contributed by atoms with Crippen molar-refractivity contribution in [1.29, 1.82) is 0 Å². The van der Waals surface area contributed by atoms with Crippen molar-refractivity contribution in [3.05, 3.63) is 40.5 Å². The molecule has 0 unspecified atom stereocenters. The van der Waals surface area contributed by atoms with E-state index in [-0.39, 0.29) is 12.1 Å². The summed E-state index contributed by atoms with van der Waals surface area (Å²) in [6, 6.07) is 8.37. The first-order valence-electron chi connectivity index (χ1n) is 13.2. The summed E-state index contributed by atoms with van der Waals surface area (Å²) in [5.74, 6) is 2.76. The van der Waals surface area contributed by atoms with Crippen molar-refractivity contribution in [2.24, 2.45) is 5.41 Å². The molecule has 0 radical (unpaired) electrons. The minimum absolute atomic E-state index is 0.0787. The molecule has 0 amide bonds. The maximum Gasteiger partial charge on any atom is 0.227 e. The van der Waals surface area contributed by atoms with Crippen molar-refractivity contribution in [2.45, 2.75) is 80.6 Å². The molecular weight excluding hydrogens is 480 g/mol. The molecule has 8 heteroatoms. The van der Waals surface area contributed by atoms with Gasteiger partial charge in [0.2, 0.25) is 5.95 Å². The third kappa shape index (κ3) is 4.49. The highest BCUT2D eigenvalue weighted by atomic mass is 35.5. The Balaban J connectivity index is 1.19. The molecule has 188 valence electrons. The second-order valence-electron chi connectivity index (χ2n) is 11.3. The van der Waals surface area contributed by atoms with Gasteiger partial charge in [-0.2, -0.15) is 4.98 Å². The van der Waals surface area contributed by atoms with E-state index in [1.165, 1.54) is 31.2 Å². The number of aliphatic hydroxyl groups excluding tert-OH is 1. The number of hydrogen-bond acceptors (Lipinski definition) is 6. The molecule has 2 saturated carbocycles. The largest absolute Gasteiger partial charge is 0.394 e. The molecule has 1 atom stereocenters. The average molecular weight is 515 g/mol. The smallest absolute Gasteiger partial charge is 0.227 e. The predicted octanol–water partition coefficient (Wildman–Crippen LogP) is 5.07. The Morgan fingerprint density at radius 1 is 1.06 bits per heavy atom. The van der Waals surface area contributed by atoms with Crippen molar-refractivity contribution < 1.29 is 9.32 Å². The Labute approximate surface area is 215 Å². The molecule has 1 saturated heterocycles. The average Bonchev–Trinajstić information content (AvgIpc) is 3.01. The zero-order valence-electron chi connectivity index (χ0n) is 20.3. The number of rotatable bonds is 5. The maximum atomic E-state index is 13.1. The molecule has 3 fully saturated rings. The van der Waals surface area contributed by atoms with E-state index in [2.05, 4.69) is 22.3 Å². The van der Waals surface area contributed by atoms with E-state index in [9.17, 15) is 9.32 Å². The Hall–Kier alpha value is -1.70. The highest BCUT2D eigenvalue weighted by molar-refractivity contribution is 7.85. The van der Waals surface area contributed by atoms with Crippen LogP contribution in [-0.4, -0.2) is 50.3 Å². The third-order valence-corrected chi connectivity index (χ3v) is 10.7. The molecule has 1 spiro atoms. The fourth-order valence-corrected chi connectivity index (χ4v) is 7.96. The monoisotopic (exact) mass is 514 g/mol. The number of aryl methyl sites for hydroxylation is 1. The van der Waals surface area contributed by atoms with Crippen LogP contribution in [0.15, 0.2) is 29.2 Å². The van der Waals surface area contributed by atoms with Gasteiger partial charge >= 0.3 is 0 Å². The number of anilines is 2. The van der Waals surface area contributed by atoms with E-state index in [1.54, 1.807) is 0 Å². The number of fused-ring (bicyclic) bond motifs is 1. The lowest BCUT2D eigenvalue weighted by Gasteiger charge is -2.53. The fourth-order valence-electron chi connectivity index (χ4n) is 6.44. The van der Waals surface area contributed by atoms with Gasteiger partial charge < -0.3 is 15.3 Å². The molecule has 3 heterocycles. The fraction of sp³-hybridized carbons (Fsp3) is 0.630. The number of benzene rings is 1. The van der Waals surface area contributed by atoms with Gasteiger partial charge in [0.15, 0.2) is 0 Å².